The molecule has 38 heavy (non-hydrogen) atoms. The number of anilines is 1. The van der Waals surface area contributed by atoms with E-state index in [0.29, 0.717) is 16.6 Å². The topological polar surface area (TPSA) is 45.1 Å². The smallest absolute Gasteiger partial charge is 0.267 e. The van der Waals surface area contributed by atoms with Gasteiger partial charge in [-0.05, 0) is 74.9 Å². The molecule has 0 spiro atoms. The van der Waals surface area contributed by atoms with Gasteiger partial charge in [0.2, 0.25) is 0 Å². The molecule has 0 radical (unpaired) electrons. The van der Waals surface area contributed by atoms with Gasteiger partial charge in [0.1, 0.15) is 5.75 Å². The third kappa shape index (κ3) is 5.01. The molecule has 0 saturated carbocycles. The molecule has 1 fully saturated rings. The highest BCUT2D eigenvalue weighted by atomic mass is 32.2. The highest BCUT2D eigenvalue weighted by molar-refractivity contribution is 8.18. The van der Waals surface area contributed by atoms with E-state index in [9.17, 15) is 4.79 Å². The van der Waals surface area contributed by atoms with Crippen molar-refractivity contribution in [1.82, 2.24) is 4.90 Å². The first kappa shape index (κ1) is 25.9. The average molecular weight is 524 g/mol. The Balaban J connectivity index is 1.57. The predicted octanol–water partition coefficient (Wildman–Crippen LogP) is 7.52. The first-order valence-electron chi connectivity index (χ1n) is 12.9. The van der Waals surface area contributed by atoms with Crippen LogP contribution in [-0.2, 0) is 11.3 Å². The molecule has 1 saturated heterocycles. The molecule has 3 aromatic rings. The molecule has 0 atom stereocenters. The van der Waals surface area contributed by atoms with Crippen LogP contribution in [0.5, 0.6) is 5.75 Å². The largest absolute Gasteiger partial charge is 0.496 e. The molecule has 0 N–H and O–H groups in total. The van der Waals surface area contributed by atoms with Crippen molar-refractivity contribution in [2.24, 2.45) is 4.99 Å². The van der Waals surface area contributed by atoms with Gasteiger partial charge in [-0.2, -0.15) is 0 Å². The van der Waals surface area contributed by atoms with E-state index in [2.05, 4.69) is 50.8 Å². The van der Waals surface area contributed by atoms with Crippen molar-refractivity contribution in [3.8, 4) is 5.75 Å². The van der Waals surface area contributed by atoms with Crippen molar-refractivity contribution >= 4 is 45.9 Å². The predicted molar refractivity (Wildman–Crippen MR) is 160 cm³/mol. The second kappa shape index (κ2) is 10.5. The molecule has 6 heteroatoms. The lowest BCUT2D eigenvalue weighted by Gasteiger charge is -2.43. The Hall–Kier alpha value is -3.77. The van der Waals surface area contributed by atoms with Crippen molar-refractivity contribution in [2.45, 2.75) is 39.8 Å². The van der Waals surface area contributed by atoms with Gasteiger partial charge in [0, 0.05) is 29.4 Å². The van der Waals surface area contributed by atoms with Crippen LogP contribution in [0, 0.1) is 0 Å². The lowest BCUT2D eigenvalue weighted by atomic mass is 9.87. The molecule has 1 amide bonds. The van der Waals surface area contributed by atoms with E-state index in [4.69, 9.17) is 9.73 Å². The number of rotatable bonds is 6. The van der Waals surface area contributed by atoms with Crippen LogP contribution in [0.15, 0.2) is 88.8 Å². The maximum absolute atomic E-state index is 13.7. The number of allylic oxidation sites excluding steroid dienone is 1. The number of aliphatic imine (C=N–C) groups is 1. The fraction of sp³-hybridized carbons (Fsp3) is 0.250. The van der Waals surface area contributed by atoms with Crippen molar-refractivity contribution in [1.29, 1.82) is 0 Å². The highest BCUT2D eigenvalue weighted by Gasteiger charge is 2.35. The summed E-state index contributed by atoms with van der Waals surface area (Å²) in [5.74, 6) is 0.688. The van der Waals surface area contributed by atoms with Gasteiger partial charge >= 0.3 is 0 Å². The summed E-state index contributed by atoms with van der Waals surface area (Å²) in [7, 11) is 1.68. The van der Waals surface area contributed by atoms with Gasteiger partial charge in [0.15, 0.2) is 5.17 Å². The SMILES string of the molecule is CCN1c2cc(OC)c(/C=C3/SC(=Nc4ccccc4)N(Cc4ccccc4)C3=O)cc2C(C)=CC1(C)C. The third-order valence-electron chi connectivity index (χ3n) is 6.98. The van der Waals surface area contributed by atoms with E-state index in [0.717, 1.165) is 40.4 Å². The van der Waals surface area contributed by atoms with Crippen molar-refractivity contribution in [3.05, 3.63) is 100 Å². The molecule has 2 aliphatic heterocycles. The summed E-state index contributed by atoms with van der Waals surface area (Å²) in [6.45, 7) is 10.1. The number of para-hydroxylation sites is 1. The number of benzene rings is 3. The zero-order valence-electron chi connectivity index (χ0n) is 22.6. The van der Waals surface area contributed by atoms with Crippen molar-refractivity contribution in [2.75, 3.05) is 18.6 Å². The fourth-order valence-electron chi connectivity index (χ4n) is 5.24. The number of hydrogen-bond donors (Lipinski definition) is 0. The van der Waals surface area contributed by atoms with Gasteiger partial charge in [-0.3, -0.25) is 9.69 Å². The highest BCUT2D eigenvalue weighted by Crippen LogP contribution is 2.43. The Morgan fingerprint density at radius 2 is 1.71 bits per heavy atom. The quantitative estimate of drug-likeness (QED) is 0.314. The summed E-state index contributed by atoms with van der Waals surface area (Å²) in [6, 6.07) is 24.0. The number of likely N-dealkylation sites (N-methyl/N-ethyl adjacent to an activating group) is 1. The van der Waals surface area contributed by atoms with Crippen LogP contribution >= 0.6 is 11.8 Å². The minimum Gasteiger partial charge on any atom is -0.496 e. The number of amides is 1. The van der Waals surface area contributed by atoms with Crippen LogP contribution in [-0.4, -0.2) is 35.2 Å². The number of amidine groups is 1. The van der Waals surface area contributed by atoms with E-state index in [1.54, 1.807) is 12.0 Å². The van der Waals surface area contributed by atoms with E-state index in [1.807, 2.05) is 66.7 Å². The maximum Gasteiger partial charge on any atom is 0.267 e. The van der Waals surface area contributed by atoms with Crippen LogP contribution in [0.2, 0.25) is 0 Å². The number of nitrogens with zero attached hydrogens (tertiary/aromatic N) is 3. The number of hydrogen-bond acceptors (Lipinski definition) is 5. The van der Waals surface area contributed by atoms with Crippen molar-refractivity contribution < 1.29 is 9.53 Å². The minimum absolute atomic E-state index is 0.0584. The van der Waals surface area contributed by atoms with Crippen LogP contribution in [0.3, 0.4) is 0 Å². The van der Waals surface area contributed by atoms with Gasteiger partial charge < -0.3 is 9.64 Å². The normalized spacial score (nSPS) is 18.7. The summed E-state index contributed by atoms with van der Waals surface area (Å²) in [4.78, 5) is 23.4. The zero-order valence-corrected chi connectivity index (χ0v) is 23.4. The molecule has 0 unspecified atom stereocenters. The van der Waals surface area contributed by atoms with Gasteiger partial charge in [0.05, 0.1) is 29.8 Å². The molecule has 194 valence electrons. The van der Waals surface area contributed by atoms with Crippen LogP contribution in [0.1, 0.15) is 44.4 Å². The Kier molecular flexibility index (Phi) is 7.17. The number of carbonyl (C=O) groups excluding carboxylic acids is 1. The number of thioether (sulfide) groups is 1. The number of methoxy groups -OCH3 is 1. The Bertz CT molecular complexity index is 1440. The standard InChI is InChI=1S/C32H33N3O2S/c1-6-35-27-19-28(37-5)24(17-26(27)22(2)20-32(35,3)4)18-29-30(36)34(21-23-13-9-7-10-14-23)31(38-29)33-25-15-11-8-12-16-25/h7-20H,6,21H2,1-5H3/b29-18+,33-31?. The molecule has 0 bridgehead atoms. The lowest BCUT2D eigenvalue weighted by Crippen LogP contribution is -2.44. The van der Waals surface area contributed by atoms with Gasteiger partial charge in [-0.1, -0.05) is 54.6 Å². The summed E-state index contributed by atoms with van der Waals surface area (Å²) in [5.41, 5.74) is 6.20. The van der Waals surface area contributed by atoms with Gasteiger partial charge in [-0.25, -0.2) is 4.99 Å². The zero-order chi connectivity index (χ0) is 26.9. The Labute approximate surface area is 229 Å². The second-order valence-corrected chi connectivity index (χ2v) is 11.1. The summed E-state index contributed by atoms with van der Waals surface area (Å²) in [6.07, 6.45) is 4.25. The van der Waals surface area contributed by atoms with E-state index in [1.165, 1.54) is 17.3 Å². The third-order valence-corrected chi connectivity index (χ3v) is 7.99. The summed E-state index contributed by atoms with van der Waals surface area (Å²) < 4.78 is 5.84. The molecular weight excluding hydrogens is 490 g/mol. The average Bonchev–Trinajstić information content (AvgIpc) is 3.18. The first-order chi connectivity index (χ1) is 18.3. The fourth-order valence-corrected chi connectivity index (χ4v) is 6.23. The Morgan fingerprint density at radius 3 is 2.37 bits per heavy atom. The monoisotopic (exact) mass is 523 g/mol. The van der Waals surface area contributed by atoms with E-state index < -0.39 is 0 Å². The minimum atomic E-state index is -0.0885. The molecule has 5 rings (SSSR count). The summed E-state index contributed by atoms with van der Waals surface area (Å²) in [5, 5.41) is 0.670. The maximum atomic E-state index is 13.7. The molecule has 5 nitrogen and oxygen atoms in total. The van der Waals surface area contributed by atoms with E-state index in [-0.39, 0.29) is 11.4 Å². The molecule has 0 aromatic heterocycles. The van der Waals surface area contributed by atoms with E-state index >= 15 is 0 Å². The molecular formula is C32H33N3O2S. The molecule has 2 aliphatic rings. The molecule has 0 aliphatic carbocycles. The van der Waals surface area contributed by atoms with Crippen LogP contribution in [0.4, 0.5) is 11.4 Å². The van der Waals surface area contributed by atoms with Gasteiger partial charge in [0.25, 0.3) is 5.91 Å². The van der Waals surface area contributed by atoms with Crippen LogP contribution in [0.25, 0.3) is 11.6 Å². The first-order valence-corrected chi connectivity index (χ1v) is 13.7. The summed E-state index contributed by atoms with van der Waals surface area (Å²) >= 11 is 1.40. The number of ether oxygens (including phenoxy) is 1. The molecule has 3 aromatic carbocycles. The van der Waals surface area contributed by atoms with Crippen LogP contribution < -0.4 is 9.64 Å². The Morgan fingerprint density at radius 1 is 1.03 bits per heavy atom. The van der Waals surface area contributed by atoms with Gasteiger partial charge in [-0.15, -0.1) is 0 Å². The van der Waals surface area contributed by atoms with Crippen molar-refractivity contribution in [3.63, 3.8) is 0 Å². The lowest BCUT2D eigenvalue weighted by molar-refractivity contribution is -0.122. The molecule has 2 heterocycles. The second-order valence-electron chi connectivity index (χ2n) is 10.1. The number of carbonyl (C=O) groups is 1. The number of fused-ring (bicyclic) bond motifs is 1.